The average Bonchev–Trinajstić information content (AvgIpc) is 3.12. The van der Waals surface area contributed by atoms with Gasteiger partial charge >= 0.3 is 0 Å². The number of aryl methyl sites for hydroxylation is 2. The Morgan fingerprint density at radius 1 is 1.24 bits per heavy atom. The Bertz CT molecular complexity index is 787. The second-order valence-corrected chi connectivity index (χ2v) is 7.56. The number of nitrogens with zero attached hydrogens (tertiary/aromatic N) is 3. The molecule has 0 spiro atoms. The van der Waals surface area contributed by atoms with Gasteiger partial charge in [0.1, 0.15) is 5.60 Å². The van der Waals surface area contributed by atoms with E-state index >= 15 is 0 Å². The van der Waals surface area contributed by atoms with Gasteiger partial charge in [-0.05, 0) is 57.9 Å². The summed E-state index contributed by atoms with van der Waals surface area (Å²) in [7, 11) is 0. The van der Waals surface area contributed by atoms with Crippen molar-refractivity contribution in [3.63, 3.8) is 0 Å². The fourth-order valence-electron chi connectivity index (χ4n) is 3.35. The van der Waals surface area contributed by atoms with Crippen LogP contribution in [0.3, 0.4) is 0 Å². The zero-order valence-corrected chi connectivity index (χ0v) is 15.6. The number of aromatic nitrogens is 2. The van der Waals surface area contributed by atoms with Gasteiger partial charge in [-0.15, -0.1) is 0 Å². The molecular weight excluding hydrogens is 310 g/mol. The smallest absolute Gasteiger partial charge is 0.120 e. The maximum absolute atomic E-state index is 9.68. The van der Waals surface area contributed by atoms with E-state index in [9.17, 15) is 5.11 Å². The van der Waals surface area contributed by atoms with Crippen LogP contribution < -0.4 is 0 Å². The Labute approximate surface area is 150 Å². The predicted molar refractivity (Wildman–Crippen MR) is 100 cm³/mol. The molecule has 132 valence electrons. The Morgan fingerprint density at radius 3 is 2.56 bits per heavy atom. The van der Waals surface area contributed by atoms with Crippen LogP contribution in [-0.2, 0) is 6.54 Å². The summed E-state index contributed by atoms with van der Waals surface area (Å²) in [4.78, 5) is 2.48. The Morgan fingerprint density at radius 2 is 1.96 bits per heavy atom. The summed E-state index contributed by atoms with van der Waals surface area (Å²) >= 11 is 0. The minimum atomic E-state index is -0.952. The molecule has 0 bridgehead atoms. The molecule has 1 N–H and O–H groups in total. The van der Waals surface area contributed by atoms with Crippen molar-refractivity contribution < 1.29 is 5.11 Å². The number of aliphatic hydroxyl groups is 1. The molecule has 1 atom stereocenters. The van der Waals surface area contributed by atoms with Crippen LogP contribution in [0.15, 0.2) is 30.3 Å². The summed E-state index contributed by atoms with van der Waals surface area (Å²) in [5.74, 6) is 5.86. The van der Waals surface area contributed by atoms with Crippen LogP contribution in [0.25, 0.3) is 0 Å². The minimum Gasteiger partial charge on any atom is -0.378 e. The Kier molecular flexibility index (Phi) is 4.99. The van der Waals surface area contributed by atoms with Gasteiger partial charge in [0.25, 0.3) is 0 Å². The van der Waals surface area contributed by atoms with E-state index in [1.54, 1.807) is 13.8 Å². The minimum absolute atomic E-state index is 0.477. The van der Waals surface area contributed by atoms with Gasteiger partial charge in [-0.2, -0.15) is 5.10 Å². The second-order valence-electron chi connectivity index (χ2n) is 7.56. The lowest BCUT2D eigenvalue weighted by Crippen LogP contribution is -2.22. The van der Waals surface area contributed by atoms with E-state index in [0.717, 1.165) is 37.3 Å². The molecule has 1 aliphatic heterocycles. The van der Waals surface area contributed by atoms with E-state index in [0.29, 0.717) is 6.04 Å². The molecule has 1 fully saturated rings. The highest BCUT2D eigenvalue weighted by atomic mass is 16.3. The van der Waals surface area contributed by atoms with Gasteiger partial charge < -0.3 is 5.11 Å². The first-order chi connectivity index (χ1) is 11.8. The molecule has 1 aromatic heterocycles. The summed E-state index contributed by atoms with van der Waals surface area (Å²) in [6, 6.07) is 10.9. The van der Waals surface area contributed by atoms with Crippen molar-refractivity contribution >= 4 is 0 Å². The standard InChI is InChI=1S/C21H27N3O/c1-16-13-17(2)24(22-16)20-10-12-23(15-20)14-19-7-5-18(6-8-19)9-11-21(3,4)25/h5-8,13,20,25H,10,12,14-15H2,1-4H3/t20-/m1/s1. The molecule has 1 aliphatic rings. The summed E-state index contributed by atoms with van der Waals surface area (Å²) in [6.07, 6.45) is 1.15. The number of benzene rings is 1. The Hall–Kier alpha value is -2.09. The zero-order chi connectivity index (χ0) is 18.0. The summed E-state index contributed by atoms with van der Waals surface area (Å²) in [5, 5.41) is 14.3. The van der Waals surface area contributed by atoms with Crippen LogP contribution in [-0.4, -0.2) is 38.5 Å². The lowest BCUT2D eigenvalue weighted by Gasteiger charge is -2.17. The maximum atomic E-state index is 9.68. The molecular formula is C21H27N3O. The third kappa shape index (κ3) is 4.72. The average molecular weight is 337 g/mol. The first-order valence-electron chi connectivity index (χ1n) is 8.90. The van der Waals surface area contributed by atoms with Gasteiger partial charge in [0, 0.05) is 30.9 Å². The molecule has 2 heterocycles. The van der Waals surface area contributed by atoms with Crippen molar-refractivity contribution in [2.24, 2.45) is 0 Å². The highest BCUT2D eigenvalue weighted by Gasteiger charge is 2.25. The van der Waals surface area contributed by atoms with Gasteiger partial charge in [0.15, 0.2) is 0 Å². The summed E-state index contributed by atoms with van der Waals surface area (Å²) in [6.45, 7) is 10.7. The van der Waals surface area contributed by atoms with E-state index < -0.39 is 5.60 Å². The molecule has 0 radical (unpaired) electrons. The number of hydrogen-bond acceptors (Lipinski definition) is 3. The molecule has 1 aromatic carbocycles. The first-order valence-corrected chi connectivity index (χ1v) is 8.90. The predicted octanol–water partition coefficient (Wildman–Crippen LogP) is 3.07. The highest BCUT2D eigenvalue weighted by molar-refractivity contribution is 5.37. The normalized spacial score (nSPS) is 18.2. The third-order valence-corrected chi connectivity index (χ3v) is 4.51. The molecule has 4 nitrogen and oxygen atoms in total. The molecule has 25 heavy (non-hydrogen) atoms. The van der Waals surface area contributed by atoms with Crippen LogP contribution in [0, 0.1) is 25.7 Å². The number of likely N-dealkylation sites (tertiary alicyclic amines) is 1. The van der Waals surface area contributed by atoms with Crippen molar-refractivity contribution in [3.05, 3.63) is 52.8 Å². The summed E-state index contributed by atoms with van der Waals surface area (Å²) in [5.41, 5.74) is 3.63. The Balaban J connectivity index is 1.60. The zero-order valence-electron chi connectivity index (χ0n) is 15.6. The van der Waals surface area contributed by atoms with E-state index in [2.05, 4.69) is 58.6 Å². The lowest BCUT2D eigenvalue weighted by atomic mass is 10.1. The van der Waals surface area contributed by atoms with Crippen molar-refractivity contribution in [2.45, 2.75) is 52.3 Å². The molecule has 0 amide bonds. The topological polar surface area (TPSA) is 41.3 Å². The largest absolute Gasteiger partial charge is 0.378 e. The van der Waals surface area contributed by atoms with Crippen LogP contribution in [0.5, 0.6) is 0 Å². The highest BCUT2D eigenvalue weighted by Crippen LogP contribution is 2.24. The van der Waals surface area contributed by atoms with Gasteiger partial charge in [-0.3, -0.25) is 9.58 Å². The van der Waals surface area contributed by atoms with E-state index in [-0.39, 0.29) is 0 Å². The monoisotopic (exact) mass is 337 g/mol. The SMILES string of the molecule is Cc1cc(C)n([C@@H]2CCN(Cc3ccc(C#CC(C)(C)O)cc3)C2)n1. The lowest BCUT2D eigenvalue weighted by molar-refractivity contribution is 0.143. The molecule has 4 heteroatoms. The molecule has 0 saturated carbocycles. The van der Waals surface area contributed by atoms with Crippen LogP contribution in [0.4, 0.5) is 0 Å². The van der Waals surface area contributed by atoms with E-state index in [1.165, 1.54) is 11.3 Å². The molecule has 0 aliphatic carbocycles. The maximum Gasteiger partial charge on any atom is 0.120 e. The quantitative estimate of drug-likeness (QED) is 0.875. The third-order valence-electron chi connectivity index (χ3n) is 4.51. The van der Waals surface area contributed by atoms with E-state index in [1.807, 2.05) is 12.1 Å². The first kappa shape index (κ1) is 17.7. The van der Waals surface area contributed by atoms with Crippen molar-refractivity contribution in [1.82, 2.24) is 14.7 Å². The van der Waals surface area contributed by atoms with Crippen LogP contribution in [0.1, 0.15) is 48.8 Å². The van der Waals surface area contributed by atoms with Crippen molar-refractivity contribution in [2.75, 3.05) is 13.1 Å². The van der Waals surface area contributed by atoms with Gasteiger partial charge in [0.2, 0.25) is 0 Å². The van der Waals surface area contributed by atoms with Crippen LogP contribution in [0.2, 0.25) is 0 Å². The molecule has 1 saturated heterocycles. The molecule has 0 unspecified atom stereocenters. The second kappa shape index (κ2) is 7.03. The number of rotatable bonds is 3. The molecule has 2 aromatic rings. The van der Waals surface area contributed by atoms with Crippen molar-refractivity contribution in [1.29, 1.82) is 0 Å². The van der Waals surface area contributed by atoms with Crippen LogP contribution >= 0.6 is 0 Å². The van der Waals surface area contributed by atoms with Gasteiger partial charge in [-0.1, -0.05) is 24.0 Å². The fourth-order valence-corrected chi connectivity index (χ4v) is 3.35. The van der Waals surface area contributed by atoms with E-state index in [4.69, 9.17) is 0 Å². The number of hydrogen-bond donors (Lipinski definition) is 1. The van der Waals surface area contributed by atoms with Gasteiger partial charge in [0.05, 0.1) is 11.7 Å². The van der Waals surface area contributed by atoms with Crippen molar-refractivity contribution in [3.8, 4) is 11.8 Å². The fraction of sp³-hybridized carbons (Fsp3) is 0.476. The molecule has 3 rings (SSSR count). The van der Waals surface area contributed by atoms with Gasteiger partial charge in [-0.25, -0.2) is 0 Å². The summed E-state index contributed by atoms with van der Waals surface area (Å²) < 4.78 is 2.19.